The average molecular weight is 587 g/mol. The highest BCUT2D eigenvalue weighted by Gasteiger charge is 2.59. The molecule has 0 radical (unpaired) electrons. The highest BCUT2D eigenvalue weighted by molar-refractivity contribution is 8.13. The molecule has 0 aliphatic heterocycles. The highest BCUT2D eigenvalue weighted by atomic mass is 32.2. The Morgan fingerprint density at radius 2 is 1.63 bits per heavy atom. The van der Waals surface area contributed by atoms with Crippen LogP contribution in [-0.2, 0) is 4.74 Å². The lowest BCUT2D eigenvalue weighted by atomic mass is 9.47. The molecule has 3 heteroatoms. The number of unbranched alkanes of at least 4 members (excludes halogenated alkanes) is 7. The third kappa shape index (κ3) is 8.19. The van der Waals surface area contributed by atoms with Crippen LogP contribution in [0.15, 0.2) is 11.6 Å². The Morgan fingerprint density at radius 1 is 0.902 bits per heavy atom. The minimum atomic E-state index is -0.0243. The van der Waals surface area contributed by atoms with E-state index >= 15 is 0 Å². The van der Waals surface area contributed by atoms with Gasteiger partial charge in [0, 0.05) is 5.25 Å². The highest BCUT2D eigenvalue weighted by Crippen LogP contribution is 2.67. The van der Waals surface area contributed by atoms with Crippen molar-refractivity contribution < 1.29 is 9.53 Å². The first-order valence-corrected chi connectivity index (χ1v) is 19.1. The average Bonchev–Trinajstić information content (AvgIpc) is 3.29. The Balaban J connectivity index is 1.24. The van der Waals surface area contributed by atoms with Crippen LogP contribution in [0, 0.1) is 46.3 Å². The molecule has 4 aliphatic carbocycles. The van der Waals surface area contributed by atoms with Gasteiger partial charge in [-0.15, -0.1) is 0 Å². The van der Waals surface area contributed by atoms with Crippen molar-refractivity contribution in [3.8, 4) is 0 Å². The maximum atomic E-state index is 12.7. The van der Waals surface area contributed by atoms with E-state index in [4.69, 9.17) is 4.74 Å². The topological polar surface area (TPSA) is 26.3 Å². The maximum Gasteiger partial charge on any atom is 0.367 e. The summed E-state index contributed by atoms with van der Waals surface area (Å²) in [7, 11) is 0. The van der Waals surface area contributed by atoms with Crippen molar-refractivity contribution in [2.45, 2.75) is 169 Å². The quantitative estimate of drug-likeness (QED) is 0.108. The summed E-state index contributed by atoms with van der Waals surface area (Å²) in [5.74, 6) is 5.32. The lowest BCUT2D eigenvalue weighted by Gasteiger charge is -2.58. The van der Waals surface area contributed by atoms with Gasteiger partial charge in [-0.05, 0) is 116 Å². The van der Waals surface area contributed by atoms with Crippen LogP contribution in [0.2, 0.25) is 0 Å². The lowest BCUT2D eigenvalue weighted by molar-refractivity contribution is -0.0497. The molecule has 0 bridgehead atoms. The summed E-state index contributed by atoms with van der Waals surface area (Å²) in [5, 5.41) is 0.386. The van der Waals surface area contributed by atoms with Crippen LogP contribution in [0.4, 0.5) is 4.79 Å². The molecule has 0 aromatic carbocycles. The Labute approximate surface area is 259 Å². The summed E-state index contributed by atoms with van der Waals surface area (Å²) < 4.78 is 5.67. The van der Waals surface area contributed by atoms with Crippen LogP contribution >= 0.6 is 11.8 Å². The third-order valence-electron chi connectivity index (χ3n) is 12.7. The number of carbonyl (C=O) groups is 1. The second-order valence-electron chi connectivity index (χ2n) is 15.8. The summed E-state index contributed by atoms with van der Waals surface area (Å²) in [6.45, 7) is 15.5. The van der Waals surface area contributed by atoms with Crippen molar-refractivity contribution in [1.29, 1.82) is 0 Å². The molecule has 2 nitrogen and oxygen atoms in total. The molecule has 0 N–H and O–H groups in total. The Hall–Kier alpha value is -0.440. The first-order chi connectivity index (χ1) is 19.7. The van der Waals surface area contributed by atoms with Gasteiger partial charge in [0.1, 0.15) is 0 Å². The van der Waals surface area contributed by atoms with Gasteiger partial charge in [0.15, 0.2) is 0 Å². The monoisotopic (exact) mass is 586 g/mol. The molecule has 0 unspecified atom stereocenters. The van der Waals surface area contributed by atoms with Gasteiger partial charge in [-0.3, -0.25) is 0 Å². The van der Waals surface area contributed by atoms with Gasteiger partial charge in [-0.1, -0.05) is 117 Å². The molecule has 41 heavy (non-hydrogen) atoms. The first-order valence-electron chi connectivity index (χ1n) is 18.2. The molecular formula is C38H66O2S. The number of carbonyl (C=O) groups excluding carboxylic acids is 1. The van der Waals surface area contributed by atoms with Gasteiger partial charge in [-0.2, -0.15) is 0 Å². The van der Waals surface area contributed by atoms with Gasteiger partial charge in [-0.25, -0.2) is 4.79 Å². The van der Waals surface area contributed by atoms with Gasteiger partial charge < -0.3 is 4.74 Å². The third-order valence-corrected chi connectivity index (χ3v) is 13.8. The lowest BCUT2D eigenvalue weighted by Crippen LogP contribution is -2.50. The van der Waals surface area contributed by atoms with Crippen molar-refractivity contribution in [3.05, 3.63) is 11.6 Å². The second kappa shape index (κ2) is 15.5. The van der Waals surface area contributed by atoms with Crippen molar-refractivity contribution in [2.75, 3.05) is 6.61 Å². The van der Waals surface area contributed by atoms with E-state index < -0.39 is 0 Å². The zero-order valence-electron chi connectivity index (χ0n) is 28.0. The number of allylic oxidation sites excluding steroid dienone is 2. The molecule has 0 heterocycles. The van der Waals surface area contributed by atoms with E-state index in [1.807, 2.05) is 0 Å². The van der Waals surface area contributed by atoms with E-state index in [2.05, 4.69) is 47.6 Å². The molecule has 0 aromatic rings. The zero-order chi connectivity index (χ0) is 29.5. The van der Waals surface area contributed by atoms with E-state index in [1.54, 1.807) is 5.57 Å². The fraction of sp³-hybridized carbons (Fsp3) is 0.921. The number of thioether (sulfide) groups is 1. The summed E-state index contributed by atoms with van der Waals surface area (Å²) in [4.78, 5) is 12.7. The van der Waals surface area contributed by atoms with Gasteiger partial charge in [0.25, 0.3) is 0 Å². The van der Waals surface area contributed by atoms with E-state index in [1.165, 1.54) is 121 Å². The molecule has 4 rings (SSSR count). The summed E-state index contributed by atoms with van der Waals surface area (Å²) in [5.41, 5.74) is 2.62. The molecule has 8 atom stereocenters. The Morgan fingerprint density at radius 3 is 2.37 bits per heavy atom. The second-order valence-corrected chi connectivity index (χ2v) is 17.1. The molecule has 0 amide bonds. The SMILES string of the molecule is CCCCCCCCCCOC(=O)S[C@H]1CC[C@@]2(C)C(=CC[C@H]3[C@H]4CC[C@@H]([C@H](C)CCCC(C)C)[C@@]4(C)CC[C@@H]32)C1. The van der Waals surface area contributed by atoms with Gasteiger partial charge >= 0.3 is 5.30 Å². The standard InChI is InChI=1S/C38H66O2S/c1-7-8-9-10-11-12-13-14-26-40-36(39)41-31-22-24-37(5)30(27-31)18-19-32-34-21-20-33(29(4)17-15-16-28(2)3)38(34,6)25-23-35(32)37/h18,28-29,31-35H,7-17,19-27H2,1-6H3/t29-,31+,32+,33+,34-,35+,37+,38-/m1/s1. The molecule has 0 aromatic heterocycles. The van der Waals surface area contributed by atoms with Crippen LogP contribution in [-0.4, -0.2) is 17.2 Å². The van der Waals surface area contributed by atoms with Crippen LogP contribution < -0.4 is 0 Å². The smallest absolute Gasteiger partial charge is 0.367 e. The number of hydrogen-bond acceptors (Lipinski definition) is 3. The van der Waals surface area contributed by atoms with Crippen LogP contribution in [0.1, 0.15) is 164 Å². The summed E-state index contributed by atoms with van der Waals surface area (Å²) >= 11 is 1.51. The predicted octanol–water partition coefficient (Wildman–Crippen LogP) is 12.4. The Kier molecular flexibility index (Phi) is 12.7. The molecule has 3 fully saturated rings. The number of rotatable bonds is 15. The summed E-state index contributed by atoms with van der Waals surface area (Å²) in [6, 6.07) is 0. The van der Waals surface area contributed by atoms with Crippen LogP contribution in [0.25, 0.3) is 0 Å². The minimum absolute atomic E-state index is 0.0243. The number of hydrogen-bond donors (Lipinski definition) is 0. The molecular weight excluding hydrogens is 520 g/mol. The number of fused-ring (bicyclic) bond motifs is 5. The van der Waals surface area contributed by atoms with E-state index in [9.17, 15) is 4.79 Å². The fourth-order valence-corrected chi connectivity index (χ4v) is 11.2. The minimum Gasteiger partial charge on any atom is -0.458 e. The van der Waals surface area contributed by atoms with Crippen molar-refractivity contribution in [2.24, 2.45) is 46.3 Å². The van der Waals surface area contributed by atoms with Gasteiger partial charge in [0.2, 0.25) is 0 Å². The first kappa shape index (κ1) is 33.5. The molecule has 236 valence electrons. The predicted molar refractivity (Wildman–Crippen MR) is 178 cm³/mol. The van der Waals surface area contributed by atoms with Crippen LogP contribution in [0.5, 0.6) is 0 Å². The zero-order valence-corrected chi connectivity index (χ0v) is 28.8. The Bertz CT molecular complexity index is 849. The van der Waals surface area contributed by atoms with Crippen LogP contribution in [0.3, 0.4) is 0 Å². The molecule has 0 spiro atoms. The van der Waals surface area contributed by atoms with E-state index in [0.717, 1.165) is 48.3 Å². The van der Waals surface area contributed by atoms with Crippen molar-refractivity contribution >= 4 is 17.1 Å². The molecule has 4 aliphatic rings. The molecule has 0 saturated heterocycles. The normalized spacial score (nSPS) is 35.4. The molecule has 3 saturated carbocycles. The van der Waals surface area contributed by atoms with Crippen molar-refractivity contribution in [1.82, 2.24) is 0 Å². The fourth-order valence-electron chi connectivity index (χ4n) is 10.3. The van der Waals surface area contributed by atoms with E-state index in [0.29, 0.717) is 22.7 Å². The van der Waals surface area contributed by atoms with Gasteiger partial charge in [0.05, 0.1) is 6.61 Å². The largest absolute Gasteiger partial charge is 0.458 e. The maximum absolute atomic E-state index is 12.7. The number of ether oxygens (including phenoxy) is 1. The van der Waals surface area contributed by atoms with Crippen molar-refractivity contribution in [3.63, 3.8) is 0 Å². The summed E-state index contributed by atoms with van der Waals surface area (Å²) in [6.07, 6.45) is 27.8. The van der Waals surface area contributed by atoms with E-state index in [-0.39, 0.29) is 5.30 Å².